The van der Waals surface area contributed by atoms with E-state index in [-0.39, 0.29) is 11.0 Å². The second kappa shape index (κ2) is 5.83. The van der Waals surface area contributed by atoms with Crippen molar-refractivity contribution in [2.45, 2.75) is 53.1 Å². The van der Waals surface area contributed by atoms with Crippen LogP contribution < -0.4 is 0 Å². The van der Waals surface area contributed by atoms with Gasteiger partial charge in [0.15, 0.2) is 5.65 Å². The first kappa shape index (κ1) is 18.4. The van der Waals surface area contributed by atoms with Crippen molar-refractivity contribution in [2.75, 3.05) is 0 Å². The molecule has 0 saturated carbocycles. The molecule has 6 heteroatoms. The second-order valence-corrected chi connectivity index (χ2v) is 7.77. The van der Waals surface area contributed by atoms with Gasteiger partial charge in [0.05, 0.1) is 22.3 Å². The Kier molecular flexibility index (Phi) is 4.13. The molecule has 3 aromatic rings. The molecule has 0 fully saturated rings. The van der Waals surface area contributed by atoms with Crippen molar-refractivity contribution in [1.82, 2.24) is 14.8 Å². The van der Waals surface area contributed by atoms with Crippen molar-refractivity contribution in [2.24, 2.45) is 0 Å². The first-order valence-corrected chi connectivity index (χ1v) is 8.45. The van der Waals surface area contributed by atoms with E-state index in [4.69, 9.17) is 0 Å². The minimum Gasteiger partial charge on any atom is -0.232 e. The molecule has 26 heavy (non-hydrogen) atoms. The van der Waals surface area contributed by atoms with E-state index in [9.17, 15) is 13.2 Å². The molecule has 0 aliphatic carbocycles. The number of halogens is 3. The number of rotatable bonds is 1. The zero-order valence-electron chi connectivity index (χ0n) is 15.8. The lowest BCUT2D eigenvalue weighted by Gasteiger charge is -2.20. The van der Waals surface area contributed by atoms with E-state index in [0.717, 1.165) is 17.2 Å². The van der Waals surface area contributed by atoms with Crippen LogP contribution in [0.1, 0.15) is 48.8 Å². The summed E-state index contributed by atoms with van der Waals surface area (Å²) in [4.78, 5) is 4.57. The van der Waals surface area contributed by atoms with Crippen LogP contribution in [0.15, 0.2) is 24.3 Å². The molecule has 0 aliphatic rings. The van der Waals surface area contributed by atoms with Gasteiger partial charge in [-0.3, -0.25) is 0 Å². The zero-order valence-corrected chi connectivity index (χ0v) is 15.8. The lowest BCUT2D eigenvalue weighted by molar-refractivity contribution is -0.136. The number of alkyl halides is 3. The Bertz CT molecular complexity index is 992. The molecule has 0 amide bonds. The predicted molar refractivity (Wildman–Crippen MR) is 96.8 cm³/mol. The lowest BCUT2D eigenvalue weighted by atomic mass is 9.90. The highest BCUT2D eigenvalue weighted by molar-refractivity contribution is 5.84. The van der Waals surface area contributed by atoms with Gasteiger partial charge in [-0.05, 0) is 50.1 Å². The molecule has 0 aliphatic heterocycles. The number of pyridine rings is 1. The molecule has 0 spiro atoms. The number of aryl methyl sites for hydroxylation is 3. The SMILES string of the molecule is Cc1ccc(-n2nc(C)c3c(C(F)(F)F)cc(C(C)(C)C)nc32)cc1C. The number of hydrogen-bond acceptors (Lipinski definition) is 2. The Hall–Kier alpha value is -2.37. The Morgan fingerprint density at radius 1 is 0.923 bits per heavy atom. The van der Waals surface area contributed by atoms with Gasteiger partial charge in [0.2, 0.25) is 0 Å². The minimum absolute atomic E-state index is 0.0590. The van der Waals surface area contributed by atoms with Crippen LogP contribution in [0.4, 0.5) is 13.2 Å². The normalized spacial score (nSPS) is 12.8. The summed E-state index contributed by atoms with van der Waals surface area (Å²) >= 11 is 0. The van der Waals surface area contributed by atoms with Crippen molar-refractivity contribution in [1.29, 1.82) is 0 Å². The standard InChI is InChI=1S/C20H22F3N3/c1-11-7-8-14(9-12(11)2)26-18-17(13(3)25-26)15(20(21,22)23)10-16(24-18)19(4,5)6/h7-10H,1-6H3. The molecule has 0 N–H and O–H groups in total. The molecule has 0 bridgehead atoms. The van der Waals surface area contributed by atoms with E-state index in [0.29, 0.717) is 17.1 Å². The molecule has 0 radical (unpaired) electrons. The Balaban J connectivity index is 2.41. The topological polar surface area (TPSA) is 30.7 Å². The van der Waals surface area contributed by atoms with Gasteiger partial charge in [0, 0.05) is 11.1 Å². The van der Waals surface area contributed by atoms with Crippen LogP contribution in [0.5, 0.6) is 0 Å². The number of fused-ring (bicyclic) bond motifs is 1. The van der Waals surface area contributed by atoms with Crippen LogP contribution in [-0.2, 0) is 11.6 Å². The highest BCUT2D eigenvalue weighted by atomic mass is 19.4. The van der Waals surface area contributed by atoms with E-state index in [1.165, 1.54) is 4.68 Å². The summed E-state index contributed by atoms with van der Waals surface area (Å²) in [6.45, 7) is 11.1. The highest BCUT2D eigenvalue weighted by Gasteiger charge is 2.36. The van der Waals surface area contributed by atoms with Crippen LogP contribution in [-0.4, -0.2) is 14.8 Å². The van der Waals surface area contributed by atoms with Gasteiger partial charge >= 0.3 is 6.18 Å². The maximum absolute atomic E-state index is 13.7. The molecule has 0 atom stereocenters. The molecular weight excluding hydrogens is 339 g/mol. The van der Waals surface area contributed by atoms with Crippen LogP contribution in [0.2, 0.25) is 0 Å². The number of aromatic nitrogens is 3. The molecule has 2 heterocycles. The first-order chi connectivity index (χ1) is 11.9. The zero-order chi connectivity index (χ0) is 19.4. The molecule has 2 aromatic heterocycles. The fourth-order valence-electron chi connectivity index (χ4n) is 2.93. The van der Waals surface area contributed by atoms with Crippen LogP contribution >= 0.6 is 0 Å². The van der Waals surface area contributed by atoms with Gasteiger partial charge in [-0.2, -0.15) is 18.3 Å². The molecule has 0 saturated heterocycles. The molecule has 3 nitrogen and oxygen atoms in total. The summed E-state index contributed by atoms with van der Waals surface area (Å²) in [7, 11) is 0. The van der Waals surface area contributed by atoms with E-state index in [1.54, 1.807) is 6.92 Å². The number of benzene rings is 1. The van der Waals surface area contributed by atoms with Crippen LogP contribution in [0, 0.1) is 20.8 Å². The third-order valence-electron chi connectivity index (χ3n) is 4.62. The highest BCUT2D eigenvalue weighted by Crippen LogP contribution is 2.38. The van der Waals surface area contributed by atoms with Crippen LogP contribution in [0.3, 0.4) is 0 Å². The van der Waals surface area contributed by atoms with E-state index >= 15 is 0 Å². The molecule has 3 rings (SSSR count). The maximum atomic E-state index is 13.7. The fourth-order valence-corrected chi connectivity index (χ4v) is 2.93. The quantitative estimate of drug-likeness (QED) is 0.560. The first-order valence-electron chi connectivity index (χ1n) is 8.45. The van der Waals surface area contributed by atoms with Crippen molar-refractivity contribution in [3.8, 4) is 5.69 Å². The Morgan fingerprint density at radius 2 is 1.58 bits per heavy atom. The van der Waals surface area contributed by atoms with Gasteiger partial charge in [-0.15, -0.1) is 0 Å². The van der Waals surface area contributed by atoms with Crippen molar-refractivity contribution in [3.05, 3.63) is 52.3 Å². The monoisotopic (exact) mass is 361 g/mol. The predicted octanol–water partition coefficient (Wildman–Crippen LogP) is 5.66. The summed E-state index contributed by atoms with van der Waals surface area (Å²) in [5, 5.41) is 4.44. The van der Waals surface area contributed by atoms with Crippen molar-refractivity contribution < 1.29 is 13.2 Å². The van der Waals surface area contributed by atoms with Crippen molar-refractivity contribution in [3.63, 3.8) is 0 Å². The third-order valence-corrected chi connectivity index (χ3v) is 4.62. The lowest BCUT2D eigenvalue weighted by Crippen LogP contribution is -2.17. The average molecular weight is 361 g/mol. The van der Waals surface area contributed by atoms with E-state index < -0.39 is 17.2 Å². The smallest absolute Gasteiger partial charge is 0.232 e. The average Bonchev–Trinajstić information content (AvgIpc) is 2.84. The van der Waals surface area contributed by atoms with Crippen molar-refractivity contribution >= 4 is 11.0 Å². The third kappa shape index (κ3) is 3.08. The summed E-state index contributed by atoms with van der Waals surface area (Å²) in [6, 6.07) is 6.86. The molecule has 138 valence electrons. The molecule has 0 unspecified atom stereocenters. The van der Waals surface area contributed by atoms with E-state index in [2.05, 4.69) is 10.1 Å². The summed E-state index contributed by atoms with van der Waals surface area (Å²) in [6.07, 6.45) is -4.47. The largest absolute Gasteiger partial charge is 0.417 e. The van der Waals surface area contributed by atoms with E-state index in [1.807, 2.05) is 52.8 Å². The van der Waals surface area contributed by atoms with Gasteiger partial charge in [-0.1, -0.05) is 26.8 Å². The Labute approximate surface area is 150 Å². The van der Waals surface area contributed by atoms with Gasteiger partial charge in [0.25, 0.3) is 0 Å². The van der Waals surface area contributed by atoms with Crippen LogP contribution in [0.25, 0.3) is 16.7 Å². The Morgan fingerprint density at radius 3 is 2.12 bits per heavy atom. The number of hydrogen-bond donors (Lipinski definition) is 0. The summed E-state index contributed by atoms with van der Waals surface area (Å²) in [5.41, 5.74) is 2.62. The second-order valence-electron chi connectivity index (χ2n) is 7.77. The molecular formula is C20H22F3N3. The minimum atomic E-state index is -4.47. The van der Waals surface area contributed by atoms with Gasteiger partial charge in [0.1, 0.15) is 0 Å². The molecule has 1 aromatic carbocycles. The fraction of sp³-hybridized carbons (Fsp3) is 0.400. The van der Waals surface area contributed by atoms with Gasteiger partial charge < -0.3 is 0 Å². The number of nitrogens with zero attached hydrogens (tertiary/aromatic N) is 3. The maximum Gasteiger partial charge on any atom is 0.417 e. The summed E-state index contributed by atoms with van der Waals surface area (Å²) < 4.78 is 42.7. The van der Waals surface area contributed by atoms with Gasteiger partial charge in [-0.25, -0.2) is 9.67 Å². The summed E-state index contributed by atoms with van der Waals surface area (Å²) in [5.74, 6) is 0.